The van der Waals surface area contributed by atoms with Gasteiger partial charge in [-0.15, -0.1) is 0 Å². The highest BCUT2D eigenvalue weighted by atomic mass is 32.2. The Kier molecular flexibility index (Phi) is 7.02. The summed E-state index contributed by atoms with van der Waals surface area (Å²) in [7, 11) is -2.50. The number of amides is 1. The van der Waals surface area contributed by atoms with Crippen LogP contribution in [0.1, 0.15) is 0 Å². The summed E-state index contributed by atoms with van der Waals surface area (Å²) in [5, 5.41) is 0. The van der Waals surface area contributed by atoms with Gasteiger partial charge in [0.25, 0.3) is 10.0 Å². The van der Waals surface area contributed by atoms with Crippen LogP contribution in [0.5, 0.6) is 5.75 Å². The van der Waals surface area contributed by atoms with E-state index in [0.717, 1.165) is 4.31 Å². The monoisotopic (exact) mass is 483 g/mol. The lowest BCUT2D eigenvalue weighted by Crippen LogP contribution is -2.52. The van der Waals surface area contributed by atoms with Crippen molar-refractivity contribution in [1.82, 2.24) is 4.90 Å². The van der Waals surface area contributed by atoms with Gasteiger partial charge < -0.3 is 14.5 Å². The van der Waals surface area contributed by atoms with Gasteiger partial charge in [-0.2, -0.15) is 0 Å². The van der Waals surface area contributed by atoms with Gasteiger partial charge in [0.1, 0.15) is 18.1 Å². The number of methoxy groups -OCH3 is 1. The van der Waals surface area contributed by atoms with Crippen LogP contribution in [0.2, 0.25) is 0 Å². The van der Waals surface area contributed by atoms with Crippen molar-refractivity contribution in [3.8, 4) is 5.75 Å². The first kappa shape index (κ1) is 23.6. The number of carbonyl (C=O) groups is 1. The Morgan fingerprint density at radius 1 is 0.912 bits per heavy atom. The maximum Gasteiger partial charge on any atom is 0.264 e. The lowest BCUT2D eigenvalue weighted by atomic mass is 10.2. The van der Waals surface area contributed by atoms with E-state index in [4.69, 9.17) is 4.74 Å². The van der Waals surface area contributed by atoms with Gasteiger partial charge in [-0.1, -0.05) is 30.3 Å². The van der Waals surface area contributed by atoms with Crippen LogP contribution >= 0.6 is 0 Å². The first-order valence-corrected chi connectivity index (χ1v) is 12.3. The number of carbonyl (C=O) groups excluding carboxylic acids is 1. The Balaban J connectivity index is 1.52. The highest BCUT2D eigenvalue weighted by molar-refractivity contribution is 7.92. The maximum absolute atomic E-state index is 14.1. The Morgan fingerprint density at radius 3 is 2.15 bits per heavy atom. The van der Waals surface area contributed by atoms with Crippen molar-refractivity contribution in [3.05, 3.63) is 84.7 Å². The lowest BCUT2D eigenvalue weighted by molar-refractivity contribution is -0.129. The van der Waals surface area contributed by atoms with Crippen LogP contribution in [0.4, 0.5) is 15.8 Å². The van der Waals surface area contributed by atoms with Crippen molar-refractivity contribution >= 4 is 27.3 Å². The fraction of sp³-hybridized carbons (Fsp3) is 0.240. The van der Waals surface area contributed by atoms with E-state index >= 15 is 0 Å². The number of anilines is 2. The molecule has 0 atom stereocenters. The molecule has 1 aliphatic heterocycles. The standard InChI is InChI=1S/C25H26FN3O4S/c1-33-21-11-13-22(14-12-21)34(31,32)29(20-7-3-2-4-8-20)19-25(30)28-17-15-27(16-18-28)24-10-6-5-9-23(24)26/h2-14H,15-19H2,1H3. The summed E-state index contributed by atoms with van der Waals surface area (Å²) in [5.41, 5.74) is 0.902. The van der Waals surface area contributed by atoms with Crippen molar-refractivity contribution in [2.75, 3.05) is 49.0 Å². The Morgan fingerprint density at radius 2 is 1.53 bits per heavy atom. The molecule has 9 heteroatoms. The van der Waals surface area contributed by atoms with Gasteiger partial charge in [0.15, 0.2) is 0 Å². The number of benzene rings is 3. The van der Waals surface area contributed by atoms with Crippen LogP contribution in [-0.2, 0) is 14.8 Å². The van der Waals surface area contributed by atoms with Crippen molar-refractivity contribution in [1.29, 1.82) is 0 Å². The second-order valence-electron chi connectivity index (χ2n) is 7.84. The third kappa shape index (κ3) is 4.99. The third-order valence-electron chi connectivity index (χ3n) is 5.80. The molecule has 7 nitrogen and oxygen atoms in total. The quantitative estimate of drug-likeness (QED) is 0.515. The molecule has 1 amide bonds. The topological polar surface area (TPSA) is 70.2 Å². The molecule has 0 unspecified atom stereocenters. The largest absolute Gasteiger partial charge is 0.497 e. The maximum atomic E-state index is 14.1. The third-order valence-corrected chi connectivity index (χ3v) is 7.58. The predicted molar refractivity (Wildman–Crippen MR) is 129 cm³/mol. The molecule has 34 heavy (non-hydrogen) atoms. The Labute approximate surface area is 199 Å². The minimum absolute atomic E-state index is 0.0642. The van der Waals surface area contributed by atoms with Crippen LogP contribution in [0.15, 0.2) is 83.8 Å². The van der Waals surface area contributed by atoms with Gasteiger partial charge in [0.2, 0.25) is 5.91 Å². The molecule has 1 fully saturated rings. The molecule has 0 bridgehead atoms. The zero-order valence-corrected chi connectivity index (χ0v) is 19.6. The molecule has 0 N–H and O–H groups in total. The smallest absolute Gasteiger partial charge is 0.264 e. The molecule has 1 aliphatic rings. The summed E-state index contributed by atoms with van der Waals surface area (Å²) in [5.74, 6) is -0.0775. The van der Waals surface area contributed by atoms with Crippen molar-refractivity contribution in [3.63, 3.8) is 0 Å². The van der Waals surface area contributed by atoms with E-state index in [-0.39, 0.29) is 23.2 Å². The van der Waals surface area contributed by atoms with Crippen LogP contribution < -0.4 is 13.9 Å². The molecule has 0 radical (unpaired) electrons. The first-order valence-electron chi connectivity index (χ1n) is 10.9. The number of hydrogen-bond donors (Lipinski definition) is 0. The minimum Gasteiger partial charge on any atom is -0.497 e. The number of para-hydroxylation sites is 2. The van der Waals surface area contributed by atoms with Crippen LogP contribution in [0, 0.1) is 5.82 Å². The number of hydrogen-bond acceptors (Lipinski definition) is 5. The molecule has 1 saturated heterocycles. The molecular formula is C25H26FN3O4S. The molecule has 0 aliphatic carbocycles. The fourth-order valence-electron chi connectivity index (χ4n) is 3.91. The molecule has 0 spiro atoms. The van der Waals surface area contributed by atoms with E-state index in [1.165, 1.54) is 25.3 Å². The average molecular weight is 484 g/mol. The minimum atomic E-state index is -4.00. The number of ether oxygens (including phenoxy) is 1. The van der Waals surface area contributed by atoms with Gasteiger partial charge in [-0.25, -0.2) is 12.8 Å². The van der Waals surface area contributed by atoms with Crippen molar-refractivity contribution in [2.45, 2.75) is 4.90 Å². The second kappa shape index (κ2) is 10.1. The molecule has 0 saturated carbocycles. The molecular weight excluding hydrogens is 457 g/mol. The van der Waals surface area contributed by atoms with E-state index < -0.39 is 10.0 Å². The Bertz CT molecular complexity index is 1230. The number of sulfonamides is 1. The summed E-state index contributed by atoms with van der Waals surface area (Å²) < 4.78 is 47.4. The summed E-state index contributed by atoms with van der Waals surface area (Å²) in [6, 6.07) is 21.1. The summed E-state index contributed by atoms with van der Waals surface area (Å²) >= 11 is 0. The first-order chi connectivity index (χ1) is 16.4. The molecule has 178 valence electrons. The SMILES string of the molecule is COc1ccc(S(=O)(=O)N(CC(=O)N2CCN(c3ccccc3F)CC2)c2ccccc2)cc1. The molecule has 4 rings (SSSR count). The van der Waals surface area contributed by atoms with Gasteiger partial charge >= 0.3 is 0 Å². The number of rotatable bonds is 7. The van der Waals surface area contributed by atoms with Crippen LogP contribution in [-0.4, -0.2) is 59.1 Å². The highest BCUT2D eigenvalue weighted by Gasteiger charge is 2.30. The van der Waals surface area contributed by atoms with Gasteiger partial charge in [0, 0.05) is 26.2 Å². The summed E-state index contributed by atoms with van der Waals surface area (Å²) in [6.07, 6.45) is 0. The normalized spacial score (nSPS) is 14.1. The number of nitrogens with zero attached hydrogens (tertiary/aromatic N) is 3. The van der Waals surface area contributed by atoms with E-state index in [9.17, 15) is 17.6 Å². The van der Waals surface area contributed by atoms with Crippen LogP contribution in [0.3, 0.4) is 0 Å². The van der Waals surface area contributed by atoms with Gasteiger partial charge in [-0.3, -0.25) is 9.10 Å². The van der Waals surface area contributed by atoms with Crippen LogP contribution in [0.25, 0.3) is 0 Å². The van der Waals surface area contributed by atoms with E-state index in [1.807, 2.05) is 4.90 Å². The zero-order valence-electron chi connectivity index (χ0n) is 18.8. The number of piperazine rings is 1. The summed E-state index contributed by atoms with van der Waals surface area (Å²) in [6.45, 7) is 1.33. The van der Waals surface area contributed by atoms with Crippen molar-refractivity contribution in [2.24, 2.45) is 0 Å². The molecule has 3 aromatic rings. The lowest BCUT2D eigenvalue weighted by Gasteiger charge is -2.37. The van der Waals surface area contributed by atoms with Crippen molar-refractivity contribution < 1.29 is 22.3 Å². The molecule has 3 aromatic carbocycles. The highest BCUT2D eigenvalue weighted by Crippen LogP contribution is 2.26. The summed E-state index contributed by atoms with van der Waals surface area (Å²) in [4.78, 5) is 16.8. The van der Waals surface area contributed by atoms with E-state index in [1.54, 1.807) is 65.6 Å². The Hall–Kier alpha value is -3.59. The predicted octanol–water partition coefficient (Wildman–Crippen LogP) is 3.38. The zero-order chi connectivity index (χ0) is 24.1. The van der Waals surface area contributed by atoms with Gasteiger partial charge in [-0.05, 0) is 48.5 Å². The number of halogens is 1. The van der Waals surface area contributed by atoms with E-state index in [2.05, 4.69) is 0 Å². The fourth-order valence-corrected chi connectivity index (χ4v) is 5.33. The molecule has 1 heterocycles. The second-order valence-corrected chi connectivity index (χ2v) is 9.70. The molecule has 0 aromatic heterocycles. The van der Waals surface area contributed by atoms with E-state index in [0.29, 0.717) is 43.3 Å². The average Bonchev–Trinajstić information content (AvgIpc) is 2.88. The van der Waals surface area contributed by atoms with Gasteiger partial charge in [0.05, 0.1) is 23.4 Å².